The minimum atomic E-state index is 0.274. The van der Waals surface area contributed by atoms with Gasteiger partial charge in [0.05, 0.1) is 13.2 Å². The molecule has 0 unspecified atom stereocenters. The van der Waals surface area contributed by atoms with Gasteiger partial charge in [-0.2, -0.15) is 15.0 Å². The largest absolute Gasteiger partial charge is 0.378 e. The number of hydrogen-bond donors (Lipinski definition) is 1. The Morgan fingerprint density at radius 3 is 2.38 bits per heavy atom. The first-order valence-corrected chi connectivity index (χ1v) is 7.58. The maximum absolute atomic E-state index is 5.89. The van der Waals surface area contributed by atoms with Crippen LogP contribution >= 0.6 is 0 Å². The fraction of sp³-hybridized carbons (Fsp3) is 0.786. The van der Waals surface area contributed by atoms with Crippen molar-refractivity contribution in [1.82, 2.24) is 15.0 Å². The van der Waals surface area contributed by atoms with Gasteiger partial charge in [-0.25, -0.2) is 0 Å². The number of hydrogen-bond acceptors (Lipinski definition) is 7. The molecule has 2 heterocycles. The number of morpholine rings is 1. The van der Waals surface area contributed by atoms with E-state index in [1.165, 1.54) is 0 Å². The number of aromatic nitrogens is 3. The Balaban J connectivity index is 2.27. The van der Waals surface area contributed by atoms with Gasteiger partial charge < -0.3 is 20.3 Å². The molecule has 1 aliphatic heterocycles. The summed E-state index contributed by atoms with van der Waals surface area (Å²) < 4.78 is 5.37. The zero-order valence-electron chi connectivity index (χ0n) is 13.4. The van der Waals surface area contributed by atoms with E-state index in [-0.39, 0.29) is 5.95 Å². The van der Waals surface area contributed by atoms with Crippen LogP contribution in [0.3, 0.4) is 0 Å². The zero-order chi connectivity index (χ0) is 15.4. The summed E-state index contributed by atoms with van der Waals surface area (Å²) in [7, 11) is 0. The Morgan fingerprint density at radius 1 is 1.14 bits per heavy atom. The second kappa shape index (κ2) is 6.89. The highest BCUT2D eigenvalue weighted by molar-refractivity contribution is 5.44. The monoisotopic (exact) mass is 294 g/mol. The Labute approximate surface area is 126 Å². The lowest BCUT2D eigenvalue weighted by Gasteiger charge is -2.31. The molecule has 0 saturated carbocycles. The summed E-state index contributed by atoms with van der Waals surface area (Å²) in [4.78, 5) is 17.5. The Hall–Kier alpha value is -1.63. The van der Waals surface area contributed by atoms with Crippen LogP contribution in [0.25, 0.3) is 0 Å². The Bertz CT molecular complexity index is 459. The molecule has 7 nitrogen and oxygen atoms in total. The standard InChI is InChI=1S/C14H26N6O/c1-10(2)9-20(11(3)4)14-17-12(15)16-13(18-14)19-5-7-21-8-6-19/h10-11H,5-9H2,1-4H3,(H2,15,16,17,18). The molecule has 1 saturated heterocycles. The predicted octanol–water partition coefficient (Wildman–Crippen LogP) is 1.16. The normalized spacial score (nSPS) is 15.8. The molecule has 0 bridgehead atoms. The molecule has 21 heavy (non-hydrogen) atoms. The fourth-order valence-corrected chi connectivity index (χ4v) is 2.32. The van der Waals surface area contributed by atoms with E-state index < -0.39 is 0 Å². The van der Waals surface area contributed by atoms with Crippen LogP contribution in [0.1, 0.15) is 27.7 Å². The van der Waals surface area contributed by atoms with Crippen molar-refractivity contribution in [2.24, 2.45) is 5.92 Å². The van der Waals surface area contributed by atoms with Gasteiger partial charge in [-0.15, -0.1) is 0 Å². The van der Waals surface area contributed by atoms with E-state index in [9.17, 15) is 0 Å². The summed E-state index contributed by atoms with van der Waals surface area (Å²) in [5.74, 6) is 2.11. The summed E-state index contributed by atoms with van der Waals surface area (Å²) in [6, 6.07) is 0.312. The van der Waals surface area contributed by atoms with E-state index in [0.717, 1.165) is 19.6 Å². The third-order valence-corrected chi connectivity index (χ3v) is 3.37. The van der Waals surface area contributed by atoms with E-state index in [4.69, 9.17) is 10.5 Å². The van der Waals surface area contributed by atoms with Crippen LogP contribution in [-0.4, -0.2) is 53.8 Å². The van der Waals surface area contributed by atoms with Crippen LogP contribution in [0.15, 0.2) is 0 Å². The lowest BCUT2D eigenvalue weighted by atomic mass is 10.2. The van der Waals surface area contributed by atoms with Gasteiger partial charge in [-0.05, 0) is 19.8 Å². The minimum absolute atomic E-state index is 0.274. The topological polar surface area (TPSA) is 80.4 Å². The van der Waals surface area contributed by atoms with Crippen LogP contribution < -0.4 is 15.5 Å². The second-order valence-electron chi connectivity index (χ2n) is 6.03. The molecular formula is C14H26N6O. The van der Waals surface area contributed by atoms with Crippen molar-refractivity contribution in [2.45, 2.75) is 33.7 Å². The average molecular weight is 294 g/mol. The zero-order valence-corrected chi connectivity index (χ0v) is 13.4. The van der Waals surface area contributed by atoms with Crippen molar-refractivity contribution >= 4 is 17.8 Å². The van der Waals surface area contributed by atoms with E-state index >= 15 is 0 Å². The molecule has 1 fully saturated rings. The molecule has 1 aromatic rings. The van der Waals surface area contributed by atoms with Crippen LogP contribution in [-0.2, 0) is 4.74 Å². The molecule has 1 aromatic heterocycles. The number of rotatable bonds is 5. The molecule has 0 amide bonds. The molecule has 118 valence electrons. The van der Waals surface area contributed by atoms with Crippen molar-refractivity contribution in [2.75, 3.05) is 48.4 Å². The van der Waals surface area contributed by atoms with Gasteiger partial charge in [-0.1, -0.05) is 13.8 Å². The van der Waals surface area contributed by atoms with Crippen molar-refractivity contribution < 1.29 is 4.74 Å². The highest BCUT2D eigenvalue weighted by Crippen LogP contribution is 2.19. The molecule has 0 aromatic carbocycles. The molecule has 7 heteroatoms. The van der Waals surface area contributed by atoms with E-state index in [0.29, 0.717) is 37.1 Å². The molecule has 0 aliphatic carbocycles. The van der Waals surface area contributed by atoms with Gasteiger partial charge in [0, 0.05) is 25.7 Å². The molecule has 0 spiro atoms. The van der Waals surface area contributed by atoms with Crippen molar-refractivity contribution in [1.29, 1.82) is 0 Å². The summed E-state index contributed by atoms with van der Waals surface area (Å²) in [5, 5.41) is 0. The van der Waals surface area contributed by atoms with Crippen molar-refractivity contribution in [3.05, 3.63) is 0 Å². The highest BCUT2D eigenvalue weighted by atomic mass is 16.5. The molecule has 2 rings (SSSR count). The van der Waals surface area contributed by atoms with Gasteiger partial charge >= 0.3 is 0 Å². The number of nitrogen functional groups attached to an aromatic ring is 1. The van der Waals surface area contributed by atoms with Gasteiger partial charge in [0.1, 0.15) is 0 Å². The first kappa shape index (κ1) is 15.8. The average Bonchev–Trinajstić information content (AvgIpc) is 2.44. The first-order chi connectivity index (χ1) is 9.97. The Kier molecular flexibility index (Phi) is 5.17. The molecule has 0 radical (unpaired) electrons. The van der Waals surface area contributed by atoms with Gasteiger partial charge in [0.25, 0.3) is 0 Å². The quantitative estimate of drug-likeness (QED) is 0.872. The Morgan fingerprint density at radius 2 is 1.81 bits per heavy atom. The van der Waals surface area contributed by atoms with Crippen molar-refractivity contribution in [3.63, 3.8) is 0 Å². The molecule has 1 aliphatic rings. The van der Waals surface area contributed by atoms with Gasteiger partial charge in [0.15, 0.2) is 0 Å². The van der Waals surface area contributed by atoms with Gasteiger partial charge in [-0.3, -0.25) is 0 Å². The van der Waals surface area contributed by atoms with Crippen LogP contribution in [0.2, 0.25) is 0 Å². The number of ether oxygens (including phenoxy) is 1. The summed E-state index contributed by atoms with van der Waals surface area (Å²) in [5.41, 5.74) is 5.89. The van der Waals surface area contributed by atoms with Crippen molar-refractivity contribution in [3.8, 4) is 0 Å². The number of anilines is 3. The third kappa shape index (κ3) is 4.17. The third-order valence-electron chi connectivity index (χ3n) is 3.37. The number of nitrogens with two attached hydrogens (primary N) is 1. The predicted molar refractivity (Wildman–Crippen MR) is 84.6 cm³/mol. The van der Waals surface area contributed by atoms with E-state index in [1.807, 2.05) is 0 Å². The number of nitrogens with zero attached hydrogens (tertiary/aromatic N) is 5. The molecule has 2 N–H and O–H groups in total. The fourth-order valence-electron chi connectivity index (χ4n) is 2.32. The first-order valence-electron chi connectivity index (χ1n) is 7.58. The summed E-state index contributed by atoms with van der Waals surface area (Å²) >= 11 is 0. The molecular weight excluding hydrogens is 268 g/mol. The maximum atomic E-state index is 5.89. The SMILES string of the molecule is CC(C)CN(c1nc(N)nc(N2CCOCC2)n1)C(C)C. The maximum Gasteiger partial charge on any atom is 0.232 e. The lowest BCUT2D eigenvalue weighted by molar-refractivity contribution is 0.122. The van der Waals surface area contributed by atoms with Crippen LogP contribution in [0.5, 0.6) is 0 Å². The molecule has 0 atom stereocenters. The van der Waals surface area contributed by atoms with Gasteiger partial charge in [0.2, 0.25) is 17.8 Å². The van der Waals surface area contributed by atoms with Crippen LogP contribution in [0.4, 0.5) is 17.8 Å². The highest BCUT2D eigenvalue weighted by Gasteiger charge is 2.20. The summed E-state index contributed by atoms with van der Waals surface area (Å²) in [6.45, 7) is 12.5. The van der Waals surface area contributed by atoms with E-state index in [1.54, 1.807) is 0 Å². The lowest BCUT2D eigenvalue weighted by Crippen LogP contribution is -2.39. The summed E-state index contributed by atoms with van der Waals surface area (Å²) in [6.07, 6.45) is 0. The minimum Gasteiger partial charge on any atom is -0.378 e. The van der Waals surface area contributed by atoms with Crippen LogP contribution in [0, 0.1) is 5.92 Å². The van der Waals surface area contributed by atoms with E-state index in [2.05, 4.69) is 52.4 Å². The second-order valence-corrected chi connectivity index (χ2v) is 6.03. The smallest absolute Gasteiger partial charge is 0.232 e.